The van der Waals surface area contributed by atoms with Crippen LogP contribution in [0.5, 0.6) is 0 Å². The second-order valence-corrected chi connectivity index (χ2v) is 4.25. The molecule has 4 heteroatoms. The number of carbonyl (C=O) groups excluding carboxylic acids is 1. The van der Waals surface area contributed by atoms with Gasteiger partial charge >= 0.3 is 0 Å². The Labute approximate surface area is 101 Å². The van der Waals surface area contributed by atoms with E-state index in [1.165, 1.54) is 0 Å². The summed E-state index contributed by atoms with van der Waals surface area (Å²) in [5, 5.41) is 4.20. The third-order valence-corrected chi connectivity index (χ3v) is 3.13. The summed E-state index contributed by atoms with van der Waals surface area (Å²) in [5.74, 6) is 0.227. The van der Waals surface area contributed by atoms with Gasteiger partial charge in [-0.1, -0.05) is 13.3 Å². The van der Waals surface area contributed by atoms with E-state index in [-0.39, 0.29) is 11.8 Å². The van der Waals surface area contributed by atoms with Gasteiger partial charge in [-0.3, -0.25) is 9.78 Å². The van der Waals surface area contributed by atoms with Crippen LogP contribution >= 0.6 is 0 Å². The van der Waals surface area contributed by atoms with Crippen LogP contribution in [-0.4, -0.2) is 16.6 Å². The Kier molecular flexibility index (Phi) is 3.85. The number of hydrogen-bond acceptors (Lipinski definition) is 3. The van der Waals surface area contributed by atoms with Gasteiger partial charge in [0, 0.05) is 23.9 Å². The molecule has 0 unspecified atom stereocenters. The number of rotatable bonds is 4. The van der Waals surface area contributed by atoms with E-state index in [1.54, 1.807) is 12.4 Å². The van der Waals surface area contributed by atoms with E-state index in [9.17, 15) is 4.79 Å². The maximum Gasteiger partial charge on any atom is 0.243 e. The summed E-state index contributed by atoms with van der Waals surface area (Å²) < 4.78 is 0. The van der Waals surface area contributed by atoms with Crippen LogP contribution in [-0.2, 0) is 4.79 Å². The van der Waals surface area contributed by atoms with E-state index in [0.717, 1.165) is 37.0 Å². The normalized spacial score (nSPS) is 16.4. The fourth-order valence-corrected chi connectivity index (χ4v) is 1.78. The highest BCUT2D eigenvalue weighted by Crippen LogP contribution is 2.26. The molecule has 1 fully saturated rings. The smallest absolute Gasteiger partial charge is 0.243 e. The van der Waals surface area contributed by atoms with Gasteiger partial charge in [-0.05, 0) is 31.4 Å². The predicted octanol–water partition coefficient (Wildman–Crippen LogP) is 2.11. The molecule has 0 bridgehead atoms. The first kappa shape index (κ1) is 11.8. The summed E-state index contributed by atoms with van der Waals surface area (Å²) in [7, 11) is 0. The maximum absolute atomic E-state index is 11.6. The first-order valence-corrected chi connectivity index (χ1v) is 6.08. The summed E-state index contributed by atoms with van der Waals surface area (Å²) in [5.41, 5.74) is 4.56. The molecule has 0 saturated heterocycles. The second-order valence-electron chi connectivity index (χ2n) is 4.25. The number of pyridine rings is 1. The third-order valence-electron chi connectivity index (χ3n) is 3.13. The lowest BCUT2D eigenvalue weighted by Crippen LogP contribution is -2.32. The standard InChI is InChI=1S/C13H17N3O/c1-2-12(10-6-8-14-9-7-10)15-16-13(17)11-4-3-5-11/h6-9,11H,2-5H2,1H3,(H,16,17). The van der Waals surface area contributed by atoms with Crippen LogP contribution in [0.4, 0.5) is 0 Å². The van der Waals surface area contributed by atoms with Gasteiger partial charge in [0.2, 0.25) is 5.91 Å². The van der Waals surface area contributed by atoms with E-state index in [1.807, 2.05) is 19.1 Å². The van der Waals surface area contributed by atoms with Crippen LogP contribution < -0.4 is 5.43 Å². The molecule has 0 aromatic carbocycles. The fourth-order valence-electron chi connectivity index (χ4n) is 1.78. The SMILES string of the molecule is CCC(=NNC(=O)C1CCC1)c1ccncc1. The van der Waals surface area contributed by atoms with Gasteiger partial charge in [0.1, 0.15) is 0 Å². The summed E-state index contributed by atoms with van der Waals surface area (Å²) in [6.07, 6.45) is 7.40. The van der Waals surface area contributed by atoms with Crippen molar-refractivity contribution in [2.24, 2.45) is 11.0 Å². The topological polar surface area (TPSA) is 54.4 Å². The molecule has 0 spiro atoms. The molecule has 1 aromatic rings. The molecule has 17 heavy (non-hydrogen) atoms. The maximum atomic E-state index is 11.6. The summed E-state index contributed by atoms with van der Waals surface area (Å²) in [6.45, 7) is 2.02. The van der Waals surface area contributed by atoms with Crippen molar-refractivity contribution in [1.82, 2.24) is 10.4 Å². The molecular weight excluding hydrogens is 214 g/mol. The summed E-state index contributed by atoms with van der Waals surface area (Å²) in [4.78, 5) is 15.6. The van der Waals surface area contributed by atoms with E-state index in [2.05, 4.69) is 15.5 Å². The van der Waals surface area contributed by atoms with Crippen molar-refractivity contribution < 1.29 is 4.79 Å². The fraction of sp³-hybridized carbons (Fsp3) is 0.462. The van der Waals surface area contributed by atoms with E-state index in [4.69, 9.17) is 0 Å². The summed E-state index contributed by atoms with van der Waals surface area (Å²) >= 11 is 0. The molecule has 0 aliphatic heterocycles. The lowest BCUT2D eigenvalue weighted by atomic mass is 9.85. The third kappa shape index (κ3) is 2.90. The summed E-state index contributed by atoms with van der Waals surface area (Å²) in [6, 6.07) is 3.80. The Morgan fingerprint density at radius 2 is 2.18 bits per heavy atom. The Morgan fingerprint density at radius 3 is 2.71 bits per heavy atom. The highest BCUT2D eigenvalue weighted by molar-refractivity contribution is 6.00. The van der Waals surface area contributed by atoms with Crippen molar-refractivity contribution in [1.29, 1.82) is 0 Å². The molecule has 1 amide bonds. The molecular formula is C13H17N3O. The van der Waals surface area contributed by atoms with E-state index in [0.29, 0.717) is 0 Å². The number of nitrogens with one attached hydrogen (secondary N) is 1. The van der Waals surface area contributed by atoms with Crippen LogP contribution in [0.25, 0.3) is 0 Å². The monoisotopic (exact) mass is 231 g/mol. The van der Waals surface area contributed by atoms with Crippen LogP contribution in [0, 0.1) is 5.92 Å². The molecule has 2 rings (SSSR count). The molecule has 1 heterocycles. The number of carbonyl (C=O) groups is 1. The van der Waals surface area contributed by atoms with Crippen LogP contribution in [0.15, 0.2) is 29.6 Å². The Hall–Kier alpha value is -1.71. The molecule has 1 saturated carbocycles. The largest absolute Gasteiger partial charge is 0.273 e. The van der Waals surface area contributed by atoms with Gasteiger partial charge in [0.25, 0.3) is 0 Å². The average Bonchev–Trinajstić information content (AvgIpc) is 2.29. The number of nitrogens with zero attached hydrogens (tertiary/aromatic N) is 2. The number of hydrazone groups is 1. The van der Waals surface area contributed by atoms with Crippen molar-refractivity contribution >= 4 is 11.6 Å². The van der Waals surface area contributed by atoms with Gasteiger partial charge in [-0.25, -0.2) is 5.43 Å². The number of amides is 1. The van der Waals surface area contributed by atoms with Crippen molar-refractivity contribution in [2.45, 2.75) is 32.6 Å². The number of aromatic nitrogens is 1. The minimum Gasteiger partial charge on any atom is -0.273 e. The molecule has 1 aromatic heterocycles. The molecule has 4 nitrogen and oxygen atoms in total. The minimum absolute atomic E-state index is 0.0521. The van der Waals surface area contributed by atoms with Crippen LogP contribution in [0.2, 0.25) is 0 Å². The molecule has 1 aliphatic rings. The van der Waals surface area contributed by atoms with Crippen molar-refractivity contribution in [3.63, 3.8) is 0 Å². The minimum atomic E-state index is 0.0521. The Bertz CT molecular complexity index is 410. The average molecular weight is 231 g/mol. The molecule has 1 N–H and O–H groups in total. The Balaban J connectivity index is 2.00. The predicted molar refractivity (Wildman–Crippen MR) is 66.5 cm³/mol. The molecule has 0 radical (unpaired) electrons. The van der Waals surface area contributed by atoms with Crippen molar-refractivity contribution in [2.75, 3.05) is 0 Å². The lowest BCUT2D eigenvalue weighted by molar-refractivity contribution is -0.127. The van der Waals surface area contributed by atoms with Crippen molar-refractivity contribution in [3.8, 4) is 0 Å². The van der Waals surface area contributed by atoms with Crippen LogP contribution in [0.3, 0.4) is 0 Å². The zero-order chi connectivity index (χ0) is 12.1. The number of hydrogen-bond donors (Lipinski definition) is 1. The van der Waals surface area contributed by atoms with E-state index >= 15 is 0 Å². The molecule has 90 valence electrons. The van der Waals surface area contributed by atoms with Gasteiger partial charge in [0.15, 0.2) is 0 Å². The zero-order valence-corrected chi connectivity index (χ0v) is 10.0. The molecule has 1 aliphatic carbocycles. The highest BCUT2D eigenvalue weighted by Gasteiger charge is 2.24. The first-order valence-electron chi connectivity index (χ1n) is 6.08. The van der Waals surface area contributed by atoms with Crippen molar-refractivity contribution in [3.05, 3.63) is 30.1 Å². The zero-order valence-electron chi connectivity index (χ0n) is 10.0. The second kappa shape index (κ2) is 5.57. The van der Waals surface area contributed by atoms with Gasteiger partial charge in [-0.15, -0.1) is 0 Å². The van der Waals surface area contributed by atoms with Gasteiger partial charge < -0.3 is 0 Å². The molecule has 0 atom stereocenters. The lowest BCUT2D eigenvalue weighted by Gasteiger charge is -2.22. The Morgan fingerprint density at radius 1 is 1.47 bits per heavy atom. The van der Waals surface area contributed by atoms with Gasteiger partial charge in [-0.2, -0.15) is 5.10 Å². The first-order chi connectivity index (χ1) is 8.31. The quantitative estimate of drug-likeness (QED) is 0.637. The van der Waals surface area contributed by atoms with E-state index < -0.39 is 0 Å². The highest BCUT2D eigenvalue weighted by atomic mass is 16.2. The van der Waals surface area contributed by atoms with Crippen LogP contribution in [0.1, 0.15) is 38.2 Å². The van der Waals surface area contributed by atoms with Gasteiger partial charge in [0.05, 0.1) is 5.71 Å².